The molecule has 0 aliphatic carbocycles. The molecule has 0 amide bonds. The molecule has 3 rings (SSSR count). The van der Waals surface area contributed by atoms with Crippen molar-refractivity contribution in [3.05, 3.63) is 66.9 Å². The molecule has 0 saturated carbocycles. The second-order valence-electron chi connectivity index (χ2n) is 3.88. The first-order valence-corrected chi connectivity index (χ1v) is 6.79. The van der Waals surface area contributed by atoms with E-state index in [4.69, 9.17) is 4.52 Å². The van der Waals surface area contributed by atoms with Crippen molar-refractivity contribution in [3.8, 4) is 5.75 Å². The van der Waals surface area contributed by atoms with E-state index in [0.717, 1.165) is 10.9 Å². The van der Waals surface area contributed by atoms with Crippen LogP contribution in [0, 0.1) is 0 Å². The Morgan fingerprint density at radius 3 is 2.44 bits per heavy atom. The maximum atomic E-state index is 10.2. The third kappa shape index (κ3) is 2.10. The lowest BCUT2D eigenvalue weighted by Crippen LogP contribution is -1.96. The lowest BCUT2D eigenvalue weighted by molar-refractivity contribution is 0.477. The van der Waals surface area contributed by atoms with E-state index < -0.39 is 8.53 Å². The molecule has 90 valence electrons. The first-order chi connectivity index (χ1) is 8.84. The van der Waals surface area contributed by atoms with E-state index in [-0.39, 0.29) is 0 Å². The number of rotatable bonds is 3. The summed E-state index contributed by atoms with van der Waals surface area (Å²) in [6, 6.07) is 19.2. The Hall–Kier alpha value is -1.83. The van der Waals surface area contributed by atoms with Gasteiger partial charge in [0.15, 0.2) is 0 Å². The number of nitrogens with zero attached hydrogens (tertiary/aromatic N) is 1. The van der Waals surface area contributed by atoms with E-state index in [9.17, 15) is 4.89 Å². The van der Waals surface area contributed by atoms with Crippen LogP contribution in [0.5, 0.6) is 5.75 Å². The molecule has 0 fully saturated rings. The van der Waals surface area contributed by atoms with Crippen LogP contribution in [0.1, 0.15) is 0 Å². The Bertz CT molecular complexity index is 651. The van der Waals surface area contributed by atoms with Crippen molar-refractivity contribution >= 4 is 19.4 Å². The lowest BCUT2D eigenvalue weighted by Gasteiger charge is -2.13. The number of hydrogen-bond acceptors (Lipinski definition) is 2. The third-order valence-corrected chi connectivity index (χ3v) is 3.79. The minimum atomic E-state index is -1.70. The van der Waals surface area contributed by atoms with Gasteiger partial charge in [0.2, 0.25) is 0 Å². The zero-order valence-electron chi connectivity index (χ0n) is 9.60. The van der Waals surface area contributed by atoms with Crippen LogP contribution in [0.3, 0.4) is 0 Å². The van der Waals surface area contributed by atoms with Gasteiger partial charge in [-0.05, 0) is 24.3 Å². The fourth-order valence-electron chi connectivity index (χ4n) is 1.84. The summed E-state index contributed by atoms with van der Waals surface area (Å²) < 4.78 is 7.31. The van der Waals surface area contributed by atoms with Gasteiger partial charge in [0, 0.05) is 11.6 Å². The van der Waals surface area contributed by atoms with Gasteiger partial charge in [-0.25, -0.2) is 0 Å². The van der Waals surface area contributed by atoms with Crippen LogP contribution in [0.4, 0.5) is 0 Å². The predicted molar refractivity (Wildman–Crippen MR) is 73.5 cm³/mol. The third-order valence-electron chi connectivity index (χ3n) is 2.69. The summed E-state index contributed by atoms with van der Waals surface area (Å²) in [6.07, 6.45) is 1.85. The van der Waals surface area contributed by atoms with Gasteiger partial charge in [-0.15, -0.1) is 0 Å². The molecule has 1 heterocycles. The SMILES string of the molecule is OP(Oc1ccccc1)n1ccc2ccccc21. The summed E-state index contributed by atoms with van der Waals surface area (Å²) in [5.41, 5.74) is 0.974. The van der Waals surface area contributed by atoms with Crippen molar-refractivity contribution in [1.29, 1.82) is 0 Å². The van der Waals surface area contributed by atoms with Crippen molar-refractivity contribution < 1.29 is 9.42 Å². The maximum Gasteiger partial charge on any atom is 0.354 e. The molecule has 18 heavy (non-hydrogen) atoms. The average molecular weight is 257 g/mol. The molecule has 4 heteroatoms. The molecule has 0 radical (unpaired) electrons. The number of benzene rings is 2. The Morgan fingerprint density at radius 1 is 0.889 bits per heavy atom. The normalized spacial score (nSPS) is 12.5. The molecule has 1 N–H and O–H groups in total. The minimum Gasteiger partial charge on any atom is -0.432 e. The summed E-state index contributed by atoms with van der Waals surface area (Å²) in [7, 11) is -1.70. The Labute approximate surface area is 106 Å². The van der Waals surface area contributed by atoms with E-state index in [1.54, 1.807) is 4.34 Å². The Balaban J connectivity index is 1.90. The number of hydrogen-bond donors (Lipinski definition) is 1. The molecule has 2 aromatic carbocycles. The highest BCUT2D eigenvalue weighted by Gasteiger charge is 2.12. The number of aromatic nitrogens is 1. The van der Waals surface area contributed by atoms with Gasteiger partial charge in [-0.2, -0.15) is 0 Å². The predicted octanol–water partition coefficient (Wildman–Crippen LogP) is 3.79. The quantitative estimate of drug-likeness (QED) is 0.724. The lowest BCUT2D eigenvalue weighted by atomic mass is 10.3. The molecule has 0 bridgehead atoms. The van der Waals surface area contributed by atoms with Crippen LogP contribution < -0.4 is 4.52 Å². The van der Waals surface area contributed by atoms with Crippen molar-refractivity contribution in [3.63, 3.8) is 0 Å². The smallest absolute Gasteiger partial charge is 0.354 e. The topological polar surface area (TPSA) is 34.4 Å². The van der Waals surface area contributed by atoms with Crippen LogP contribution in [-0.4, -0.2) is 9.23 Å². The molecule has 0 aliphatic heterocycles. The summed E-state index contributed by atoms with van der Waals surface area (Å²) in [4.78, 5) is 10.2. The van der Waals surface area contributed by atoms with E-state index in [1.165, 1.54) is 0 Å². The molecule has 3 nitrogen and oxygen atoms in total. The van der Waals surface area contributed by atoms with Crippen molar-refractivity contribution in [2.45, 2.75) is 0 Å². The van der Waals surface area contributed by atoms with Crippen molar-refractivity contribution in [1.82, 2.24) is 4.34 Å². The fourth-order valence-corrected chi connectivity index (χ4v) is 2.78. The largest absolute Gasteiger partial charge is 0.432 e. The van der Waals surface area contributed by atoms with Crippen molar-refractivity contribution in [2.75, 3.05) is 0 Å². The molecule has 1 unspecified atom stereocenters. The standard InChI is InChI=1S/C14H12NO2P/c16-18(17-13-7-2-1-3-8-13)15-11-10-12-6-4-5-9-14(12)15/h1-11,16H. The molecular weight excluding hydrogens is 245 g/mol. The summed E-state index contributed by atoms with van der Waals surface area (Å²) in [6.45, 7) is 0. The first kappa shape index (κ1) is 11.3. The van der Waals surface area contributed by atoms with E-state index in [1.807, 2.05) is 66.9 Å². The van der Waals surface area contributed by atoms with Crippen molar-refractivity contribution in [2.24, 2.45) is 0 Å². The first-order valence-electron chi connectivity index (χ1n) is 5.63. The molecule has 0 spiro atoms. The highest BCUT2D eigenvalue weighted by molar-refractivity contribution is 7.45. The highest BCUT2D eigenvalue weighted by atomic mass is 31.2. The van der Waals surface area contributed by atoms with Crippen LogP contribution >= 0.6 is 8.53 Å². The van der Waals surface area contributed by atoms with E-state index >= 15 is 0 Å². The van der Waals surface area contributed by atoms with E-state index in [0.29, 0.717) is 5.75 Å². The summed E-state index contributed by atoms with van der Waals surface area (Å²) in [5, 5.41) is 1.09. The number of fused-ring (bicyclic) bond motifs is 1. The van der Waals surface area contributed by atoms with E-state index in [2.05, 4.69) is 0 Å². The molecule has 0 aliphatic rings. The van der Waals surface area contributed by atoms with Gasteiger partial charge in [0.05, 0.1) is 5.52 Å². The zero-order valence-corrected chi connectivity index (χ0v) is 10.5. The van der Waals surface area contributed by atoms with Gasteiger partial charge >= 0.3 is 8.53 Å². The van der Waals surface area contributed by atoms with Gasteiger partial charge in [0.25, 0.3) is 0 Å². The molecular formula is C14H12NO2P. The molecule has 3 aromatic rings. The second kappa shape index (κ2) is 4.81. The van der Waals surface area contributed by atoms with Crippen LogP contribution in [0.25, 0.3) is 10.9 Å². The molecule has 0 saturated heterocycles. The highest BCUT2D eigenvalue weighted by Crippen LogP contribution is 2.38. The minimum absolute atomic E-state index is 0.670. The van der Waals surface area contributed by atoms with Gasteiger partial charge in [0.1, 0.15) is 5.75 Å². The van der Waals surface area contributed by atoms with Gasteiger partial charge in [-0.3, -0.25) is 4.34 Å². The average Bonchev–Trinajstić information content (AvgIpc) is 2.84. The van der Waals surface area contributed by atoms with Crippen LogP contribution in [0.2, 0.25) is 0 Å². The maximum absolute atomic E-state index is 10.2. The summed E-state index contributed by atoms with van der Waals surface area (Å²) >= 11 is 0. The Morgan fingerprint density at radius 2 is 1.61 bits per heavy atom. The van der Waals surface area contributed by atoms with Gasteiger partial charge in [-0.1, -0.05) is 36.4 Å². The summed E-state index contributed by atoms with van der Waals surface area (Å²) in [5.74, 6) is 0.670. The molecule has 1 atom stereocenters. The Kier molecular flexibility index (Phi) is 3.01. The van der Waals surface area contributed by atoms with Crippen LogP contribution in [0.15, 0.2) is 66.9 Å². The van der Waals surface area contributed by atoms with Crippen LogP contribution in [-0.2, 0) is 0 Å². The monoisotopic (exact) mass is 257 g/mol. The number of para-hydroxylation sites is 2. The van der Waals surface area contributed by atoms with Gasteiger partial charge < -0.3 is 9.42 Å². The zero-order chi connectivity index (χ0) is 12.4. The fraction of sp³-hybridized carbons (Fsp3) is 0. The second-order valence-corrected chi connectivity index (χ2v) is 5.00. The molecule has 1 aromatic heterocycles.